The van der Waals surface area contributed by atoms with Gasteiger partial charge in [-0.15, -0.1) is 0 Å². The molecule has 0 unspecified atom stereocenters. The van der Waals surface area contributed by atoms with Crippen LogP contribution < -0.4 is 10.3 Å². The van der Waals surface area contributed by atoms with Crippen molar-refractivity contribution in [2.24, 2.45) is 7.05 Å². The Kier molecular flexibility index (Phi) is 3.68. The highest BCUT2D eigenvalue weighted by molar-refractivity contribution is 6.76. The molecule has 1 heterocycles. The molecule has 0 bridgehead atoms. The fraction of sp³-hybridized carbons (Fsp3) is 0.600. The van der Waals surface area contributed by atoms with Crippen molar-refractivity contribution in [1.82, 2.24) is 9.78 Å². The van der Waals surface area contributed by atoms with E-state index in [9.17, 15) is 4.79 Å². The first kappa shape index (κ1) is 12.0. The molecule has 4 nitrogen and oxygen atoms in total. The minimum absolute atomic E-state index is 0.173. The molecule has 0 fully saturated rings. The zero-order valence-corrected chi connectivity index (χ0v) is 10.8. The van der Waals surface area contributed by atoms with Gasteiger partial charge in [-0.05, 0) is 6.04 Å². The van der Waals surface area contributed by atoms with Gasteiger partial charge in [-0.1, -0.05) is 19.6 Å². The standard InChI is InChI=1S/C10H18N2O2Si/c1-12-10(13)9(5-6-11-12)14-7-8-15(2,3)4/h5-6H,7-8H2,1-4H3. The van der Waals surface area contributed by atoms with Crippen molar-refractivity contribution in [2.75, 3.05) is 6.61 Å². The number of rotatable bonds is 4. The minimum Gasteiger partial charge on any atom is -0.488 e. The van der Waals surface area contributed by atoms with Gasteiger partial charge in [-0.3, -0.25) is 4.79 Å². The smallest absolute Gasteiger partial charge is 0.308 e. The van der Waals surface area contributed by atoms with Gasteiger partial charge in [0.05, 0.1) is 12.8 Å². The van der Waals surface area contributed by atoms with Crippen LogP contribution in [0.3, 0.4) is 0 Å². The summed E-state index contributed by atoms with van der Waals surface area (Å²) in [6.45, 7) is 7.46. The third-order valence-electron chi connectivity index (χ3n) is 2.08. The van der Waals surface area contributed by atoms with Gasteiger partial charge in [0, 0.05) is 21.2 Å². The van der Waals surface area contributed by atoms with Gasteiger partial charge in [-0.25, -0.2) is 4.68 Å². The number of ether oxygens (including phenoxy) is 1. The van der Waals surface area contributed by atoms with Gasteiger partial charge in [0.25, 0.3) is 0 Å². The normalized spacial score (nSPS) is 11.5. The summed E-state index contributed by atoms with van der Waals surface area (Å²) >= 11 is 0. The minimum atomic E-state index is -1.09. The zero-order valence-electron chi connectivity index (χ0n) is 9.78. The average molecular weight is 226 g/mol. The molecule has 0 aliphatic heterocycles. The molecule has 0 amide bonds. The van der Waals surface area contributed by atoms with Crippen molar-refractivity contribution in [1.29, 1.82) is 0 Å². The highest BCUT2D eigenvalue weighted by atomic mass is 28.3. The summed E-state index contributed by atoms with van der Waals surface area (Å²) in [6, 6.07) is 2.67. The van der Waals surface area contributed by atoms with Crippen LogP contribution in [0.1, 0.15) is 0 Å². The number of aryl methyl sites for hydroxylation is 1. The molecule has 1 rings (SSSR count). The van der Waals surface area contributed by atoms with Crippen molar-refractivity contribution in [3.63, 3.8) is 0 Å². The van der Waals surface area contributed by atoms with Gasteiger partial charge < -0.3 is 4.74 Å². The first-order valence-corrected chi connectivity index (χ1v) is 8.76. The molecule has 0 saturated carbocycles. The molecule has 0 aliphatic rings. The van der Waals surface area contributed by atoms with E-state index in [1.807, 2.05) is 0 Å². The molecule has 0 aromatic carbocycles. The molecule has 84 valence electrons. The van der Waals surface area contributed by atoms with Crippen molar-refractivity contribution in [2.45, 2.75) is 25.7 Å². The summed E-state index contributed by atoms with van der Waals surface area (Å²) in [5.41, 5.74) is -0.173. The SMILES string of the molecule is Cn1nccc(OCC[Si](C)(C)C)c1=O. The maximum Gasteiger partial charge on any atom is 0.308 e. The molecule has 0 aliphatic carbocycles. The van der Waals surface area contributed by atoms with Crippen LogP contribution in [0.25, 0.3) is 0 Å². The van der Waals surface area contributed by atoms with Crippen molar-refractivity contribution >= 4 is 8.07 Å². The van der Waals surface area contributed by atoms with Crippen LogP contribution in [0.5, 0.6) is 5.75 Å². The number of aromatic nitrogens is 2. The zero-order chi connectivity index (χ0) is 11.5. The van der Waals surface area contributed by atoms with Crippen LogP contribution in [0, 0.1) is 0 Å². The van der Waals surface area contributed by atoms with E-state index >= 15 is 0 Å². The predicted molar refractivity (Wildman–Crippen MR) is 63.1 cm³/mol. The molecule has 0 N–H and O–H groups in total. The van der Waals surface area contributed by atoms with Crippen LogP contribution in [0.4, 0.5) is 0 Å². The number of hydrogen-bond acceptors (Lipinski definition) is 3. The summed E-state index contributed by atoms with van der Waals surface area (Å²) in [6.07, 6.45) is 1.57. The maximum absolute atomic E-state index is 11.5. The van der Waals surface area contributed by atoms with Gasteiger partial charge in [0.15, 0.2) is 5.75 Å². The fourth-order valence-electron chi connectivity index (χ4n) is 1.06. The number of nitrogens with zero attached hydrogens (tertiary/aromatic N) is 2. The van der Waals surface area contributed by atoms with Crippen LogP contribution in [-0.4, -0.2) is 24.5 Å². The van der Waals surface area contributed by atoms with E-state index in [0.717, 1.165) is 6.04 Å². The Morgan fingerprint density at radius 1 is 1.47 bits per heavy atom. The Labute approximate surface area is 90.9 Å². The van der Waals surface area contributed by atoms with Crippen LogP contribution in [0.15, 0.2) is 17.1 Å². The van der Waals surface area contributed by atoms with Gasteiger partial charge in [-0.2, -0.15) is 5.10 Å². The highest BCUT2D eigenvalue weighted by Gasteiger charge is 2.13. The second-order valence-corrected chi connectivity index (χ2v) is 10.4. The summed E-state index contributed by atoms with van der Waals surface area (Å²) in [5, 5.41) is 3.83. The molecule has 0 atom stereocenters. The van der Waals surface area contributed by atoms with Crippen molar-refractivity contribution in [3.8, 4) is 5.75 Å². The van der Waals surface area contributed by atoms with E-state index < -0.39 is 8.07 Å². The first-order chi connectivity index (χ1) is 6.90. The lowest BCUT2D eigenvalue weighted by molar-refractivity contribution is 0.329. The second-order valence-electron chi connectivity index (χ2n) is 4.78. The summed E-state index contributed by atoms with van der Waals surface area (Å²) in [7, 11) is 0.527. The predicted octanol–water partition coefficient (Wildman–Crippen LogP) is 1.50. The van der Waals surface area contributed by atoms with E-state index in [1.165, 1.54) is 4.68 Å². The Morgan fingerprint density at radius 2 is 2.13 bits per heavy atom. The van der Waals surface area contributed by atoms with Gasteiger partial charge in [0.1, 0.15) is 0 Å². The summed E-state index contributed by atoms with van der Waals surface area (Å²) in [5.74, 6) is 0.394. The molecule has 1 aromatic heterocycles. The fourth-order valence-corrected chi connectivity index (χ4v) is 1.78. The maximum atomic E-state index is 11.5. The Balaban J connectivity index is 2.59. The molecule has 0 spiro atoms. The van der Waals surface area contributed by atoms with Crippen molar-refractivity contribution < 1.29 is 4.74 Å². The molecule has 5 heteroatoms. The molecular formula is C10H18N2O2Si. The summed E-state index contributed by atoms with van der Waals surface area (Å²) in [4.78, 5) is 11.5. The quantitative estimate of drug-likeness (QED) is 0.731. The first-order valence-electron chi connectivity index (χ1n) is 5.05. The Bertz CT molecular complexity index is 382. The van der Waals surface area contributed by atoms with E-state index in [0.29, 0.717) is 12.4 Å². The lowest BCUT2D eigenvalue weighted by atomic mass is 10.5. The van der Waals surface area contributed by atoms with E-state index in [-0.39, 0.29) is 5.56 Å². The third-order valence-corrected chi connectivity index (χ3v) is 3.78. The van der Waals surface area contributed by atoms with Crippen LogP contribution in [-0.2, 0) is 7.05 Å². The van der Waals surface area contributed by atoms with Crippen LogP contribution in [0.2, 0.25) is 25.7 Å². The summed E-state index contributed by atoms with van der Waals surface area (Å²) < 4.78 is 6.74. The topological polar surface area (TPSA) is 44.1 Å². The highest BCUT2D eigenvalue weighted by Crippen LogP contribution is 2.09. The lowest BCUT2D eigenvalue weighted by Gasteiger charge is -2.15. The van der Waals surface area contributed by atoms with Crippen LogP contribution >= 0.6 is 0 Å². The largest absolute Gasteiger partial charge is 0.488 e. The molecule has 1 aromatic rings. The lowest BCUT2D eigenvalue weighted by Crippen LogP contribution is -2.25. The number of hydrogen-bond donors (Lipinski definition) is 0. The molecule has 0 saturated heterocycles. The van der Waals surface area contributed by atoms with E-state index in [4.69, 9.17) is 4.74 Å². The van der Waals surface area contributed by atoms with Gasteiger partial charge in [0.2, 0.25) is 0 Å². The molecular weight excluding hydrogens is 208 g/mol. The Hall–Kier alpha value is -1.10. The second kappa shape index (κ2) is 4.61. The van der Waals surface area contributed by atoms with E-state index in [1.54, 1.807) is 19.3 Å². The van der Waals surface area contributed by atoms with Crippen molar-refractivity contribution in [3.05, 3.63) is 22.6 Å². The monoisotopic (exact) mass is 226 g/mol. The molecule has 0 radical (unpaired) electrons. The molecule has 15 heavy (non-hydrogen) atoms. The van der Waals surface area contributed by atoms with E-state index in [2.05, 4.69) is 24.7 Å². The van der Waals surface area contributed by atoms with Gasteiger partial charge >= 0.3 is 5.56 Å². The third kappa shape index (κ3) is 3.87. The average Bonchev–Trinajstić information content (AvgIpc) is 2.10. The Morgan fingerprint density at radius 3 is 2.73 bits per heavy atom.